The maximum atomic E-state index is 13.5. The number of carbonyl (C=O) groups is 1. The molecule has 1 amide bonds. The predicted octanol–water partition coefficient (Wildman–Crippen LogP) is 4.75. The SMILES string of the molecule is CC(C)c1ccc(C2c3c(oc4ccccc4c3=O)C(=O)N2CCCn2ccnc2)cc1. The van der Waals surface area contributed by atoms with Crippen molar-refractivity contribution in [2.75, 3.05) is 6.54 Å². The van der Waals surface area contributed by atoms with Gasteiger partial charge in [0.05, 0.1) is 23.3 Å². The van der Waals surface area contributed by atoms with Crippen molar-refractivity contribution in [3.05, 3.63) is 99.9 Å². The Balaban J connectivity index is 1.58. The number of aromatic nitrogens is 2. The molecule has 0 N–H and O–H groups in total. The average molecular weight is 428 g/mol. The molecule has 32 heavy (non-hydrogen) atoms. The van der Waals surface area contributed by atoms with Crippen molar-refractivity contribution in [1.29, 1.82) is 0 Å². The van der Waals surface area contributed by atoms with Crippen LogP contribution in [0.15, 0.2) is 76.5 Å². The van der Waals surface area contributed by atoms with Crippen molar-refractivity contribution in [3.8, 4) is 0 Å². The Kier molecular flexibility index (Phi) is 5.13. The molecule has 0 saturated carbocycles. The van der Waals surface area contributed by atoms with Crippen molar-refractivity contribution in [2.24, 2.45) is 0 Å². The molecule has 4 aromatic rings. The van der Waals surface area contributed by atoms with Gasteiger partial charge in [0.25, 0.3) is 5.91 Å². The monoisotopic (exact) mass is 427 g/mol. The van der Waals surface area contributed by atoms with Crippen LogP contribution in [0.5, 0.6) is 0 Å². The van der Waals surface area contributed by atoms with Crippen molar-refractivity contribution < 1.29 is 9.21 Å². The van der Waals surface area contributed by atoms with Crippen LogP contribution in [0.1, 0.15) is 59.5 Å². The maximum absolute atomic E-state index is 13.5. The molecule has 0 spiro atoms. The summed E-state index contributed by atoms with van der Waals surface area (Å²) < 4.78 is 7.97. The van der Waals surface area contributed by atoms with Gasteiger partial charge in [0.15, 0.2) is 5.43 Å². The van der Waals surface area contributed by atoms with E-state index in [4.69, 9.17) is 4.42 Å². The highest BCUT2D eigenvalue weighted by atomic mass is 16.3. The molecule has 0 aliphatic carbocycles. The van der Waals surface area contributed by atoms with Gasteiger partial charge in [-0.1, -0.05) is 50.2 Å². The molecule has 162 valence electrons. The number of amides is 1. The number of benzene rings is 2. The van der Waals surface area contributed by atoms with Gasteiger partial charge in [-0.3, -0.25) is 9.59 Å². The standard InChI is InChI=1S/C26H25N3O3/c1-17(2)18-8-10-19(11-9-18)23-22-24(30)20-6-3-4-7-21(20)32-25(22)26(31)29(23)14-5-13-28-15-12-27-16-28/h3-4,6-12,15-17,23H,5,13-14H2,1-2H3. The van der Waals surface area contributed by atoms with Crippen LogP contribution in [0.2, 0.25) is 0 Å². The van der Waals surface area contributed by atoms with Crippen LogP contribution in [0.25, 0.3) is 11.0 Å². The summed E-state index contributed by atoms with van der Waals surface area (Å²) in [5, 5.41) is 0.503. The highest BCUT2D eigenvalue weighted by Gasteiger charge is 2.42. The summed E-state index contributed by atoms with van der Waals surface area (Å²) >= 11 is 0. The van der Waals surface area contributed by atoms with E-state index in [0.29, 0.717) is 29.0 Å². The second kappa shape index (κ2) is 8.11. The van der Waals surface area contributed by atoms with Crippen LogP contribution in [0.4, 0.5) is 0 Å². The lowest BCUT2D eigenvalue weighted by Crippen LogP contribution is -2.31. The third-order valence-corrected chi connectivity index (χ3v) is 6.17. The first-order chi connectivity index (χ1) is 15.5. The normalized spacial score (nSPS) is 15.7. The summed E-state index contributed by atoms with van der Waals surface area (Å²) in [5.41, 5.74) is 2.89. The summed E-state index contributed by atoms with van der Waals surface area (Å²) in [7, 11) is 0. The molecule has 0 saturated heterocycles. The average Bonchev–Trinajstić information content (AvgIpc) is 3.41. The number of hydrogen-bond acceptors (Lipinski definition) is 4. The number of aryl methyl sites for hydroxylation is 1. The molecular formula is C26H25N3O3. The zero-order valence-corrected chi connectivity index (χ0v) is 18.2. The number of para-hydroxylation sites is 1. The first-order valence-electron chi connectivity index (χ1n) is 11.0. The minimum atomic E-state index is -0.456. The Labute approximate surface area is 186 Å². The fourth-order valence-corrected chi connectivity index (χ4v) is 4.45. The van der Waals surface area contributed by atoms with Crippen molar-refractivity contribution in [3.63, 3.8) is 0 Å². The third kappa shape index (κ3) is 3.42. The number of imidazole rings is 1. The summed E-state index contributed by atoms with van der Waals surface area (Å²) in [5.74, 6) is 0.336. The minimum absolute atomic E-state index is 0.134. The van der Waals surface area contributed by atoms with Gasteiger partial charge in [0.2, 0.25) is 5.76 Å². The number of nitrogens with zero attached hydrogens (tertiary/aromatic N) is 3. The van der Waals surface area contributed by atoms with E-state index < -0.39 is 6.04 Å². The largest absolute Gasteiger partial charge is 0.450 e. The number of hydrogen-bond donors (Lipinski definition) is 0. The summed E-state index contributed by atoms with van der Waals surface area (Å²) in [6, 6.07) is 14.9. The molecule has 3 heterocycles. The van der Waals surface area contributed by atoms with Crippen molar-refractivity contribution in [2.45, 2.75) is 38.8 Å². The van der Waals surface area contributed by atoms with Gasteiger partial charge in [0.1, 0.15) is 5.58 Å². The lowest BCUT2D eigenvalue weighted by atomic mass is 9.95. The molecular weight excluding hydrogens is 402 g/mol. The second-order valence-corrected chi connectivity index (χ2v) is 8.55. The summed E-state index contributed by atoms with van der Waals surface area (Å²) in [6.07, 6.45) is 6.15. The third-order valence-electron chi connectivity index (χ3n) is 6.17. The molecule has 0 bridgehead atoms. The lowest BCUT2D eigenvalue weighted by Gasteiger charge is -2.25. The first kappa shape index (κ1) is 20.2. The number of rotatable bonds is 6. The van der Waals surface area contributed by atoms with Gasteiger partial charge in [-0.25, -0.2) is 4.98 Å². The van der Waals surface area contributed by atoms with Crippen LogP contribution >= 0.6 is 0 Å². The van der Waals surface area contributed by atoms with E-state index >= 15 is 0 Å². The van der Waals surface area contributed by atoms with Crippen LogP contribution < -0.4 is 5.43 Å². The first-order valence-corrected chi connectivity index (χ1v) is 11.0. The highest BCUT2D eigenvalue weighted by Crippen LogP contribution is 2.38. The molecule has 1 atom stereocenters. The smallest absolute Gasteiger partial charge is 0.290 e. The fourth-order valence-electron chi connectivity index (χ4n) is 4.45. The van der Waals surface area contributed by atoms with Crippen molar-refractivity contribution >= 4 is 16.9 Å². The number of fused-ring (bicyclic) bond motifs is 2. The lowest BCUT2D eigenvalue weighted by molar-refractivity contribution is 0.0723. The molecule has 6 heteroatoms. The van der Waals surface area contributed by atoms with E-state index in [9.17, 15) is 9.59 Å². The van der Waals surface area contributed by atoms with Crippen LogP contribution in [-0.4, -0.2) is 26.9 Å². The van der Waals surface area contributed by atoms with E-state index in [-0.39, 0.29) is 17.1 Å². The molecule has 2 aromatic heterocycles. The quantitative estimate of drug-likeness (QED) is 0.445. The van der Waals surface area contributed by atoms with E-state index in [2.05, 4.69) is 31.0 Å². The van der Waals surface area contributed by atoms with Crippen LogP contribution in [0, 0.1) is 0 Å². The summed E-state index contributed by atoms with van der Waals surface area (Å²) in [4.78, 5) is 32.7. The van der Waals surface area contributed by atoms with E-state index in [1.165, 1.54) is 5.56 Å². The number of carbonyl (C=O) groups excluding carboxylic acids is 1. The van der Waals surface area contributed by atoms with Gasteiger partial charge < -0.3 is 13.9 Å². The molecule has 1 aliphatic rings. The molecule has 0 radical (unpaired) electrons. The molecule has 1 unspecified atom stereocenters. The Bertz CT molecular complexity index is 1320. The molecule has 1 aliphatic heterocycles. The Morgan fingerprint density at radius 1 is 1.03 bits per heavy atom. The van der Waals surface area contributed by atoms with Gasteiger partial charge in [-0.2, -0.15) is 0 Å². The predicted molar refractivity (Wildman–Crippen MR) is 123 cm³/mol. The van der Waals surface area contributed by atoms with E-state index in [1.54, 1.807) is 29.6 Å². The summed E-state index contributed by atoms with van der Waals surface area (Å²) in [6.45, 7) is 5.54. The molecule has 5 rings (SSSR count). The molecule has 6 nitrogen and oxygen atoms in total. The molecule has 0 fully saturated rings. The van der Waals surface area contributed by atoms with Gasteiger partial charge in [-0.05, 0) is 35.6 Å². The highest BCUT2D eigenvalue weighted by molar-refractivity contribution is 5.99. The second-order valence-electron chi connectivity index (χ2n) is 8.55. The van der Waals surface area contributed by atoms with Crippen molar-refractivity contribution in [1.82, 2.24) is 14.5 Å². The van der Waals surface area contributed by atoms with E-state index in [0.717, 1.165) is 18.5 Å². The Hall–Kier alpha value is -3.67. The van der Waals surface area contributed by atoms with Crippen LogP contribution in [0.3, 0.4) is 0 Å². The molecule has 2 aromatic carbocycles. The van der Waals surface area contributed by atoms with Gasteiger partial charge in [-0.15, -0.1) is 0 Å². The maximum Gasteiger partial charge on any atom is 0.290 e. The Morgan fingerprint density at radius 3 is 2.53 bits per heavy atom. The van der Waals surface area contributed by atoms with E-state index in [1.807, 2.05) is 35.0 Å². The van der Waals surface area contributed by atoms with Crippen LogP contribution in [-0.2, 0) is 6.54 Å². The topological polar surface area (TPSA) is 68.3 Å². The van der Waals surface area contributed by atoms with Gasteiger partial charge in [0, 0.05) is 25.5 Å². The van der Waals surface area contributed by atoms with Gasteiger partial charge >= 0.3 is 0 Å². The Morgan fingerprint density at radius 2 is 1.81 bits per heavy atom. The fraction of sp³-hybridized carbons (Fsp3) is 0.269. The minimum Gasteiger partial charge on any atom is -0.450 e. The zero-order valence-electron chi connectivity index (χ0n) is 18.2. The zero-order chi connectivity index (χ0) is 22.2.